The predicted molar refractivity (Wildman–Crippen MR) is 90.7 cm³/mol. The Bertz CT molecular complexity index is 516. The monoisotopic (exact) mass is 320 g/mol. The SMILES string of the molecule is COc1ccc(C(C)NC2CC(NC(=O)OC(C)(C)C)C2)cc1. The lowest BCUT2D eigenvalue weighted by Crippen LogP contribution is -2.53. The standard InChI is InChI=1S/C18H28N2O3/c1-12(13-6-8-16(22-5)9-7-13)19-14-10-15(11-14)20-17(21)23-18(2,3)4/h6-9,12,14-15,19H,10-11H2,1-5H3,(H,20,21). The number of nitrogens with one attached hydrogen (secondary N) is 2. The molecule has 1 aliphatic carbocycles. The van der Waals surface area contributed by atoms with Crippen LogP contribution in [-0.4, -0.2) is 30.9 Å². The normalized spacial score (nSPS) is 22.0. The van der Waals surface area contributed by atoms with Gasteiger partial charge in [-0.15, -0.1) is 0 Å². The van der Waals surface area contributed by atoms with Crippen LogP contribution >= 0.6 is 0 Å². The highest BCUT2D eigenvalue weighted by atomic mass is 16.6. The number of hydrogen-bond donors (Lipinski definition) is 2. The largest absolute Gasteiger partial charge is 0.497 e. The molecule has 128 valence electrons. The fraction of sp³-hybridized carbons (Fsp3) is 0.611. The van der Waals surface area contributed by atoms with Crippen molar-refractivity contribution in [3.63, 3.8) is 0 Å². The van der Waals surface area contributed by atoms with Crippen molar-refractivity contribution in [2.24, 2.45) is 0 Å². The first-order valence-corrected chi connectivity index (χ1v) is 8.16. The van der Waals surface area contributed by atoms with E-state index >= 15 is 0 Å². The quantitative estimate of drug-likeness (QED) is 0.873. The second-order valence-corrected chi connectivity index (χ2v) is 7.17. The van der Waals surface area contributed by atoms with Crippen molar-refractivity contribution in [1.29, 1.82) is 0 Å². The maximum absolute atomic E-state index is 11.7. The summed E-state index contributed by atoms with van der Waals surface area (Å²) in [6.45, 7) is 7.76. The molecule has 0 spiro atoms. The first-order valence-electron chi connectivity index (χ1n) is 8.16. The van der Waals surface area contributed by atoms with E-state index in [1.807, 2.05) is 32.9 Å². The lowest BCUT2D eigenvalue weighted by atomic mass is 9.86. The Morgan fingerprint density at radius 2 is 1.78 bits per heavy atom. The molecule has 0 aromatic heterocycles. The van der Waals surface area contributed by atoms with Gasteiger partial charge in [-0.2, -0.15) is 0 Å². The first-order chi connectivity index (χ1) is 10.8. The molecule has 1 unspecified atom stereocenters. The van der Waals surface area contributed by atoms with Crippen molar-refractivity contribution in [3.05, 3.63) is 29.8 Å². The minimum absolute atomic E-state index is 0.199. The number of rotatable bonds is 5. The summed E-state index contributed by atoms with van der Waals surface area (Å²) in [4.78, 5) is 11.7. The Morgan fingerprint density at radius 1 is 1.17 bits per heavy atom. The van der Waals surface area contributed by atoms with Crippen molar-refractivity contribution in [1.82, 2.24) is 10.6 Å². The van der Waals surface area contributed by atoms with E-state index in [-0.39, 0.29) is 18.2 Å². The maximum atomic E-state index is 11.7. The number of methoxy groups -OCH3 is 1. The van der Waals surface area contributed by atoms with Crippen molar-refractivity contribution in [3.8, 4) is 5.75 Å². The molecule has 5 nitrogen and oxygen atoms in total. The summed E-state index contributed by atoms with van der Waals surface area (Å²) in [7, 11) is 1.67. The van der Waals surface area contributed by atoms with E-state index in [9.17, 15) is 4.79 Å². The van der Waals surface area contributed by atoms with Gasteiger partial charge in [0, 0.05) is 18.1 Å². The zero-order valence-corrected chi connectivity index (χ0v) is 14.7. The topological polar surface area (TPSA) is 59.6 Å². The number of hydrogen-bond acceptors (Lipinski definition) is 4. The molecule has 1 aliphatic rings. The molecule has 0 radical (unpaired) electrons. The van der Waals surface area contributed by atoms with Crippen molar-refractivity contribution in [2.75, 3.05) is 7.11 Å². The van der Waals surface area contributed by atoms with E-state index in [4.69, 9.17) is 9.47 Å². The second-order valence-electron chi connectivity index (χ2n) is 7.17. The average molecular weight is 320 g/mol. The fourth-order valence-electron chi connectivity index (χ4n) is 2.69. The van der Waals surface area contributed by atoms with Crippen LogP contribution in [0, 0.1) is 0 Å². The lowest BCUT2D eigenvalue weighted by Gasteiger charge is -2.38. The molecule has 1 aromatic rings. The third-order valence-electron chi connectivity index (χ3n) is 3.96. The van der Waals surface area contributed by atoms with Crippen molar-refractivity contribution >= 4 is 6.09 Å². The van der Waals surface area contributed by atoms with Gasteiger partial charge in [0.15, 0.2) is 0 Å². The molecule has 1 atom stereocenters. The van der Waals surface area contributed by atoms with Crippen LogP contribution in [0.25, 0.3) is 0 Å². The summed E-state index contributed by atoms with van der Waals surface area (Å²) in [5.41, 5.74) is 0.781. The zero-order valence-electron chi connectivity index (χ0n) is 14.7. The number of amides is 1. The van der Waals surface area contributed by atoms with Gasteiger partial charge in [0.25, 0.3) is 0 Å². The molecule has 0 saturated heterocycles. The summed E-state index contributed by atoms with van der Waals surface area (Å²) in [5.74, 6) is 0.867. The fourth-order valence-corrected chi connectivity index (χ4v) is 2.69. The summed E-state index contributed by atoms with van der Waals surface area (Å²) >= 11 is 0. The molecule has 1 aromatic carbocycles. The highest BCUT2D eigenvalue weighted by molar-refractivity contribution is 5.68. The molecule has 1 fully saturated rings. The van der Waals surface area contributed by atoms with Gasteiger partial charge in [-0.1, -0.05) is 12.1 Å². The maximum Gasteiger partial charge on any atom is 0.407 e. The Labute approximate surface area is 138 Å². The number of ether oxygens (including phenoxy) is 2. The minimum Gasteiger partial charge on any atom is -0.497 e. The van der Waals surface area contributed by atoms with Gasteiger partial charge < -0.3 is 20.1 Å². The molecule has 2 N–H and O–H groups in total. The highest BCUT2D eigenvalue weighted by Gasteiger charge is 2.32. The summed E-state index contributed by atoms with van der Waals surface area (Å²) in [6.07, 6.45) is 1.53. The van der Waals surface area contributed by atoms with Gasteiger partial charge in [0.2, 0.25) is 0 Å². The first kappa shape index (κ1) is 17.6. The Morgan fingerprint density at radius 3 is 2.30 bits per heavy atom. The van der Waals surface area contributed by atoms with Crippen LogP contribution in [0.2, 0.25) is 0 Å². The zero-order chi connectivity index (χ0) is 17.0. The van der Waals surface area contributed by atoms with Gasteiger partial charge >= 0.3 is 6.09 Å². The van der Waals surface area contributed by atoms with Crippen LogP contribution in [0.15, 0.2) is 24.3 Å². The van der Waals surface area contributed by atoms with E-state index in [1.54, 1.807) is 7.11 Å². The Balaban J connectivity index is 1.71. The van der Waals surface area contributed by atoms with Crippen LogP contribution in [0.5, 0.6) is 5.75 Å². The van der Waals surface area contributed by atoms with Crippen LogP contribution in [0.1, 0.15) is 52.1 Å². The van der Waals surface area contributed by atoms with E-state index in [1.165, 1.54) is 5.56 Å². The number of carbonyl (C=O) groups is 1. The summed E-state index contributed by atoms with van der Waals surface area (Å²) < 4.78 is 10.4. The number of benzene rings is 1. The predicted octanol–water partition coefficient (Wildman–Crippen LogP) is 3.40. The van der Waals surface area contributed by atoms with E-state index in [0.29, 0.717) is 6.04 Å². The molecule has 0 heterocycles. The van der Waals surface area contributed by atoms with Crippen LogP contribution in [-0.2, 0) is 4.74 Å². The van der Waals surface area contributed by atoms with Crippen LogP contribution in [0.3, 0.4) is 0 Å². The molecular weight excluding hydrogens is 292 g/mol. The smallest absolute Gasteiger partial charge is 0.407 e. The van der Waals surface area contributed by atoms with Gasteiger partial charge in [0.1, 0.15) is 11.4 Å². The van der Waals surface area contributed by atoms with Gasteiger partial charge in [-0.3, -0.25) is 0 Å². The molecule has 5 heteroatoms. The van der Waals surface area contributed by atoms with Gasteiger partial charge in [-0.05, 0) is 58.2 Å². The van der Waals surface area contributed by atoms with Crippen molar-refractivity contribution < 1.29 is 14.3 Å². The van der Waals surface area contributed by atoms with Crippen LogP contribution < -0.4 is 15.4 Å². The number of carbonyl (C=O) groups excluding carboxylic acids is 1. The summed E-state index contributed by atoms with van der Waals surface area (Å²) in [5, 5.41) is 6.50. The Kier molecular flexibility index (Phi) is 5.52. The molecular formula is C18H28N2O3. The van der Waals surface area contributed by atoms with E-state index in [2.05, 4.69) is 29.7 Å². The summed E-state index contributed by atoms with van der Waals surface area (Å²) in [6, 6.07) is 8.99. The molecule has 0 bridgehead atoms. The second kappa shape index (κ2) is 7.21. The van der Waals surface area contributed by atoms with Crippen molar-refractivity contribution in [2.45, 2.75) is 64.3 Å². The van der Waals surface area contributed by atoms with Crippen LogP contribution in [0.4, 0.5) is 4.79 Å². The molecule has 1 amide bonds. The third kappa shape index (κ3) is 5.43. The average Bonchev–Trinajstić information content (AvgIpc) is 2.43. The van der Waals surface area contributed by atoms with Gasteiger partial charge in [-0.25, -0.2) is 4.79 Å². The highest BCUT2D eigenvalue weighted by Crippen LogP contribution is 2.25. The van der Waals surface area contributed by atoms with E-state index in [0.717, 1.165) is 18.6 Å². The third-order valence-corrected chi connectivity index (χ3v) is 3.96. The molecule has 2 rings (SSSR count). The molecule has 23 heavy (non-hydrogen) atoms. The minimum atomic E-state index is -0.450. The molecule has 1 saturated carbocycles. The number of alkyl carbamates (subject to hydrolysis) is 1. The lowest BCUT2D eigenvalue weighted by molar-refractivity contribution is 0.0463. The Hall–Kier alpha value is -1.75. The molecule has 0 aliphatic heterocycles. The van der Waals surface area contributed by atoms with E-state index < -0.39 is 5.60 Å². The van der Waals surface area contributed by atoms with Gasteiger partial charge in [0.05, 0.1) is 7.11 Å².